The predicted octanol–water partition coefficient (Wildman–Crippen LogP) is 6.16. The van der Waals surface area contributed by atoms with Gasteiger partial charge in [0, 0.05) is 24.5 Å². The minimum Gasteiger partial charge on any atom is -0.321 e. The Morgan fingerprint density at radius 3 is 0.864 bits per heavy atom. The first kappa shape index (κ1) is 37.9. The lowest BCUT2D eigenvalue weighted by Crippen LogP contribution is -2.22. The van der Waals surface area contributed by atoms with Crippen molar-refractivity contribution in [3.63, 3.8) is 0 Å². The van der Waals surface area contributed by atoms with Gasteiger partial charge in [0.25, 0.3) is 0 Å². The fraction of sp³-hybridized carbons (Fsp3) is 0.562. The van der Waals surface area contributed by atoms with Gasteiger partial charge in [-0.3, -0.25) is 18.7 Å². The van der Waals surface area contributed by atoms with Crippen LogP contribution in [0.15, 0.2) is 48.5 Å². The van der Waals surface area contributed by atoms with E-state index >= 15 is 0 Å². The van der Waals surface area contributed by atoms with Crippen molar-refractivity contribution in [3.05, 3.63) is 48.5 Å². The maximum Gasteiger partial charge on any atom is 0.356 e. The van der Waals surface area contributed by atoms with Crippen molar-refractivity contribution in [2.45, 2.75) is 103 Å². The average molecular weight is 653 g/mol. The van der Waals surface area contributed by atoms with Crippen LogP contribution in [0.1, 0.15) is 103 Å². The van der Waals surface area contributed by atoms with Crippen LogP contribution in [0.4, 0.5) is 11.4 Å². The highest BCUT2D eigenvalue weighted by atomic mass is 31.2. The Hall–Kier alpha value is -2.32. The van der Waals surface area contributed by atoms with E-state index in [1.165, 1.54) is 88.5 Å². The third-order valence-electron chi connectivity index (χ3n) is 7.84. The van der Waals surface area contributed by atoms with Crippen LogP contribution in [0.2, 0.25) is 0 Å². The molecule has 0 aliphatic rings. The fourth-order valence-electron chi connectivity index (χ4n) is 5.20. The van der Waals surface area contributed by atoms with Crippen molar-refractivity contribution < 1.29 is 38.3 Å². The molecule has 12 heteroatoms. The lowest BCUT2D eigenvalue weighted by molar-refractivity contribution is -0.108. The van der Waals surface area contributed by atoms with Gasteiger partial charge in [0.1, 0.15) is 0 Å². The summed E-state index contributed by atoms with van der Waals surface area (Å²) in [5.41, 5.74) is 1.29. The highest BCUT2D eigenvalue weighted by Crippen LogP contribution is 2.34. The average Bonchev–Trinajstić information content (AvgIpc) is 2.99. The summed E-state index contributed by atoms with van der Waals surface area (Å²) in [6.45, 7) is 1.19. The maximum absolute atomic E-state index is 11.4. The van der Waals surface area contributed by atoms with E-state index in [4.69, 9.17) is 0 Å². The van der Waals surface area contributed by atoms with Crippen molar-refractivity contribution in [2.24, 2.45) is 0 Å². The summed E-state index contributed by atoms with van der Waals surface area (Å²) >= 11 is 0. The zero-order chi connectivity index (χ0) is 32.3. The molecule has 0 saturated heterocycles. The van der Waals surface area contributed by atoms with Crippen LogP contribution in [-0.4, -0.2) is 45.5 Å². The Bertz CT molecular complexity index is 1090. The Morgan fingerprint density at radius 2 is 0.659 bits per heavy atom. The quantitative estimate of drug-likeness (QED) is 0.0565. The van der Waals surface area contributed by atoms with Crippen LogP contribution in [0, 0.1) is 0 Å². The van der Waals surface area contributed by atoms with Crippen molar-refractivity contribution in [1.82, 2.24) is 0 Å². The largest absolute Gasteiger partial charge is 0.356 e. The van der Waals surface area contributed by atoms with Crippen LogP contribution in [0.25, 0.3) is 0 Å². The first-order valence-electron chi connectivity index (χ1n) is 15.8. The lowest BCUT2D eigenvalue weighted by atomic mass is 10.0. The molecule has 0 atom stereocenters. The summed E-state index contributed by atoms with van der Waals surface area (Å²) in [5, 5.41) is -0.0962. The molecule has 10 nitrogen and oxygen atoms in total. The Morgan fingerprint density at radius 1 is 0.432 bits per heavy atom. The van der Waals surface area contributed by atoms with Crippen LogP contribution in [-0.2, 0) is 18.7 Å². The molecule has 0 unspecified atom stereocenters. The molecule has 2 amide bonds. The first-order valence-corrected chi connectivity index (χ1v) is 19.0. The highest BCUT2D eigenvalue weighted by Gasteiger charge is 2.18. The molecule has 246 valence electrons. The van der Waals surface area contributed by atoms with Gasteiger partial charge < -0.3 is 29.4 Å². The van der Waals surface area contributed by atoms with Crippen LogP contribution < -0.4 is 20.4 Å². The Kier molecular flexibility index (Phi) is 17.8. The topological polar surface area (TPSA) is 156 Å². The molecule has 2 rings (SSSR count). The number of rotatable bonds is 25. The standard InChI is InChI=1S/C32H50N2O8P2/c35-27-33(29-17-21-31(22-18-29)43(37,38)39)25-15-13-11-9-7-5-3-1-2-4-6-8-10-12-14-16-26-34(28-36)30-19-23-32(24-20-30)44(40,41)42/h17-24,27-28H,1-16,25-26H2,(H2,37,38,39)(H2,40,41,42). The fourth-order valence-corrected chi connectivity index (χ4v) is 6.28. The molecule has 0 spiro atoms. The van der Waals surface area contributed by atoms with Crippen molar-refractivity contribution >= 4 is 50.0 Å². The van der Waals surface area contributed by atoms with Gasteiger partial charge in [-0.25, -0.2) is 0 Å². The molecular weight excluding hydrogens is 602 g/mol. The van der Waals surface area contributed by atoms with E-state index < -0.39 is 15.2 Å². The van der Waals surface area contributed by atoms with E-state index in [0.717, 1.165) is 51.3 Å². The zero-order valence-electron chi connectivity index (χ0n) is 25.7. The minimum atomic E-state index is -4.28. The van der Waals surface area contributed by atoms with Gasteiger partial charge in [-0.1, -0.05) is 89.9 Å². The molecule has 0 fully saturated rings. The second kappa shape index (κ2) is 20.7. The number of nitrogens with zero attached hydrogens (tertiary/aromatic N) is 2. The summed E-state index contributed by atoms with van der Waals surface area (Å²) in [7, 11) is -8.55. The number of hydrogen-bond acceptors (Lipinski definition) is 4. The van der Waals surface area contributed by atoms with Crippen LogP contribution in [0.5, 0.6) is 0 Å². The molecule has 0 aliphatic heterocycles. The molecular formula is C32H50N2O8P2. The second-order valence-corrected chi connectivity index (χ2v) is 14.6. The summed E-state index contributed by atoms with van der Waals surface area (Å²) in [4.78, 5) is 62.9. The monoisotopic (exact) mass is 652 g/mol. The van der Waals surface area contributed by atoms with Gasteiger partial charge >= 0.3 is 15.2 Å². The molecule has 0 radical (unpaired) electrons. The van der Waals surface area contributed by atoms with E-state index in [1.54, 1.807) is 34.1 Å². The van der Waals surface area contributed by atoms with Crippen LogP contribution in [0.3, 0.4) is 0 Å². The molecule has 2 aromatic rings. The number of amides is 2. The van der Waals surface area contributed by atoms with E-state index in [2.05, 4.69) is 0 Å². The Labute approximate surface area is 262 Å². The van der Waals surface area contributed by atoms with Crippen molar-refractivity contribution in [1.29, 1.82) is 0 Å². The van der Waals surface area contributed by atoms with Gasteiger partial charge in [0.05, 0.1) is 10.6 Å². The van der Waals surface area contributed by atoms with Gasteiger partial charge in [-0.15, -0.1) is 0 Å². The van der Waals surface area contributed by atoms with Gasteiger partial charge in [-0.2, -0.15) is 0 Å². The van der Waals surface area contributed by atoms with Crippen molar-refractivity contribution in [2.75, 3.05) is 22.9 Å². The van der Waals surface area contributed by atoms with E-state index in [0.29, 0.717) is 24.5 Å². The van der Waals surface area contributed by atoms with Gasteiger partial charge in [0.15, 0.2) is 0 Å². The molecule has 0 aromatic heterocycles. The normalized spacial score (nSPS) is 11.8. The van der Waals surface area contributed by atoms with Crippen molar-refractivity contribution in [3.8, 4) is 0 Å². The Balaban J connectivity index is 1.38. The van der Waals surface area contributed by atoms with E-state index in [1.807, 2.05) is 0 Å². The van der Waals surface area contributed by atoms with E-state index in [-0.39, 0.29) is 10.6 Å². The predicted molar refractivity (Wildman–Crippen MR) is 177 cm³/mol. The zero-order valence-corrected chi connectivity index (χ0v) is 27.5. The molecule has 0 bridgehead atoms. The first-order chi connectivity index (χ1) is 21.1. The van der Waals surface area contributed by atoms with E-state index in [9.17, 15) is 38.3 Å². The summed E-state index contributed by atoms with van der Waals surface area (Å²) in [6, 6.07) is 11.8. The highest BCUT2D eigenvalue weighted by molar-refractivity contribution is 7.60. The minimum absolute atomic E-state index is 0.0481. The molecule has 4 N–H and O–H groups in total. The number of carbonyl (C=O) groups excluding carboxylic acids is 2. The number of benzene rings is 2. The SMILES string of the molecule is O=CN(CCCCCCCCCCCCCCCCCCN(C=O)c1ccc(P(=O)(O)O)cc1)c1ccc(P(=O)(O)O)cc1. The smallest absolute Gasteiger partial charge is 0.321 e. The number of anilines is 2. The number of hydrogen-bond donors (Lipinski definition) is 4. The number of unbranched alkanes of at least 4 members (excludes halogenated alkanes) is 15. The molecule has 2 aromatic carbocycles. The molecule has 0 saturated carbocycles. The van der Waals surface area contributed by atoms with Gasteiger partial charge in [-0.05, 0) is 61.4 Å². The third kappa shape index (κ3) is 15.1. The van der Waals surface area contributed by atoms with Gasteiger partial charge in [0.2, 0.25) is 12.8 Å². The second-order valence-electron chi connectivity index (χ2n) is 11.4. The molecule has 0 heterocycles. The summed E-state index contributed by atoms with van der Waals surface area (Å²) in [5.74, 6) is 0. The third-order valence-corrected chi connectivity index (χ3v) is 9.78. The number of carbonyl (C=O) groups is 2. The molecule has 0 aliphatic carbocycles. The lowest BCUT2D eigenvalue weighted by Gasteiger charge is -2.18. The summed E-state index contributed by atoms with van der Waals surface area (Å²) < 4.78 is 22.6. The van der Waals surface area contributed by atoms with Crippen LogP contribution >= 0.6 is 15.2 Å². The molecule has 44 heavy (non-hydrogen) atoms. The maximum atomic E-state index is 11.4. The summed E-state index contributed by atoms with van der Waals surface area (Å²) in [6.07, 6.45) is 20.2.